The average molecular weight is 326 g/mol. The number of hydrogen-bond acceptors (Lipinski definition) is 4. The second-order valence-corrected chi connectivity index (χ2v) is 4.41. The molecule has 0 radical (unpaired) electrons. The van der Waals surface area contributed by atoms with Gasteiger partial charge in [-0.3, -0.25) is 4.79 Å². The van der Waals surface area contributed by atoms with E-state index in [1.54, 1.807) is 24.3 Å². The molecular formula is C15H13F3N2O3. The molecule has 1 N–H and O–H groups in total. The largest absolute Gasteiger partial charge is 0.495 e. The number of anilines is 1. The molecule has 5 nitrogen and oxygen atoms in total. The number of alkyl halides is 3. The monoisotopic (exact) mass is 326 g/mol. The van der Waals surface area contributed by atoms with E-state index in [4.69, 9.17) is 4.74 Å². The smallest absolute Gasteiger partial charge is 0.422 e. The summed E-state index contributed by atoms with van der Waals surface area (Å²) in [6, 6.07) is 9.39. The second kappa shape index (κ2) is 6.99. The Bertz CT molecular complexity index is 690. The molecule has 0 unspecified atom stereocenters. The fraction of sp³-hybridized carbons (Fsp3) is 0.200. The highest BCUT2D eigenvalue weighted by Crippen LogP contribution is 2.25. The predicted octanol–water partition coefficient (Wildman–Crippen LogP) is 3.28. The van der Waals surface area contributed by atoms with Gasteiger partial charge in [0, 0.05) is 6.20 Å². The molecule has 0 fully saturated rings. The van der Waals surface area contributed by atoms with E-state index < -0.39 is 24.6 Å². The number of pyridine rings is 1. The maximum Gasteiger partial charge on any atom is 0.422 e. The van der Waals surface area contributed by atoms with Gasteiger partial charge in [-0.05, 0) is 24.3 Å². The van der Waals surface area contributed by atoms with Crippen molar-refractivity contribution in [3.8, 4) is 11.6 Å². The summed E-state index contributed by atoms with van der Waals surface area (Å²) in [5, 5.41) is 2.55. The number of methoxy groups -OCH3 is 1. The molecule has 1 heterocycles. The zero-order valence-electron chi connectivity index (χ0n) is 12.1. The summed E-state index contributed by atoms with van der Waals surface area (Å²) in [4.78, 5) is 15.9. The van der Waals surface area contributed by atoms with Crippen LogP contribution in [-0.2, 0) is 0 Å². The summed E-state index contributed by atoms with van der Waals surface area (Å²) in [6.07, 6.45) is -3.28. The standard InChI is InChI=1S/C15H13F3N2O3/c1-22-12-7-3-2-6-11(12)20-13(21)10-5-4-8-19-14(10)23-9-15(16,17)18/h2-8H,9H2,1H3,(H,20,21). The highest BCUT2D eigenvalue weighted by molar-refractivity contribution is 6.06. The minimum absolute atomic E-state index is 0.109. The maximum atomic E-state index is 12.3. The summed E-state index contributed by atoms with van der Waals surface area (Å²) in [7, 11) is 1.44. The van der Waals surface area contributed by atoms with Crippen LogP contribution in [0.4, 0.5) is 18.9 Å². The Morgan fingerprint density at radius 3 is 2.65 bits per heavy atom. The number of amides is 1. The van der Waals surface area contributed by atoms with Crippen molar-refractivity contribution in [2.75, 3.05) is 19.0 Å². The van der Waals surface area contributed by atoms with Crippen LogP contribution in [0.15, 0.2) is 42.6 Å². The zero-order valence-corrected chi connectivity index (χ0v) is 12.1. The number of hydrogen-bond donors (Lipinski definition) is 1. The van der Waals surface area contributed by atoms with Crippen molar-refractivity contribution >= 4 is 11.6 Å². The molecule has 1 aromatic carbocycles. The van der Waals surface area contributed by atoms with Crippen molar-refractivity contribution in [2.45, 2.75) is 6.18 Å². The summed E-state index contributed by atoms with van der Waals surface area (Å²) >= 11 is 0. The first-order valence-corrected chi connectivity index (χ1v) is 6.49. The Morgan fingerprint density at radius 1 is 1.22 bits per heavy atom. The molecule has 2 rings (SSSR count). The van der Waals surface area contributed by atoms with Crippen molar-refractivity contribution in [2.24, 2.45) is 0 Å². The summed E-state index contributed by atoms with van der Waals surface area (Å²) < 4.78 is 46.4. The van der Waals surface area contributed by atoms with Crippen molar-refractivity contribution in [3.05, 3.63) is 48.2 Å². The molecule has 0 aliphatic heterocycles. The first-order chi connectivity index (χ1) is 10.9. The molecule has 1 aromatic heterocycles. The predicted molar refractivity (Wildman–Crippen MR) is 76.7 cm³/mol. The normalized spacial score (nSPS) is 11.0. The van der Waals surface area contributed by atoms with E-state index in [1.807, 2.05) is 0 Å². The maximum absolute atomic E-state index is 12.3. The van der Waals surface area contributed by atoms with Crippen LogP contribution >= 0.6 is 0 Å². The van der Waals surface area contributed by atoms with E-state index in [1.165, 1.54) is 25.4 Å². The van der Waals surface area contributed by atoms with Crippen LogP contribution in [0.3, 0.4) is 0 Å². The minimum atomic E-state index is -4.52. The molecular weight excluding hydrogens is 313 g/mol. The van der Waals surface area contributed by atoms with Gasteiger partial charge in [0.25, 0.3) is 5.91 Å². The highest BCUT2D eigenvalue weighted by atomic mass is 19.4. The molecule has 0 atom stereocenters. The fourth-order valence-electron chi connectivity index (χ4n) is 1.77. The lowest BCUT2D eigenvalue weighted by Gasteiger charge is -2.13. The van der Waals surface area contributed by atoms with Crippen LogP contribution < -0.4 is 14.8 Å². The van der Waals surface area contributed by atoms with Crippen LogP contribution in [0.25, 0.3) is 0 Å². The summed E-state index contributed by atoms with van der Waals surface area (Å²) in [6.45, 7) is -1.53. The lowest BCUT2D eigenvalue weighted by atomic mass is 10.2. The number of halogens is 3. The van der Waals surface area contributed by atoms with Gasteiger partial charge in [0.05, 0.1) is 12.8 Å². The van der Waals surface area contributed by atoms with E-state index in [0.717, 1.165) is 0 Å². The molecule has 0 saturated heterocycles. The van der Waals surface area contributed by atoms with E-state index >= 15 is 0 Å². The van der Waals surface area contributed by atoms with Gasteiger partial charge in [0.2, 0.25) is 5.88 Å². The average Bonchev–Trinajstić information content (AvgIpc) is 2.53. The van der Waals surface area contributed by atoms with Gasteiger partial charge in [0.1, 0.15) is 11.3 Å². The zero-order chi connectivity index (χ0) is 16.9. The fourth-order valence-corrected chi connectivity index (χ4v) is 1.77. The Hall–Kier alpha value is -2.77. The molecule has 1 amide bonds. The van der Waals surface area contributed by atoms with Gasteiger partial charge in [0.15, 0.2) is 6.61 Å². The number of nitrogens with one attached hydrogen (secondary N) is 1. The van der Waals surface area contributed by atoms with Crippen LogP contribution in [0.1, 0.15) is 10.4 Å². The van der Waals surface area contributed by atoms with Crippen molar-refractivity contribution < 1.29 is 27.4 Å². The van der Waals surface area contributed by atoms with Crippen molar-refractivity contribution in [1.29, 1.82) is 0 Å². The van der Waals surface area contributed by atoms with Gasteiger partial charge >= 0.3 is 6.18 Å². The molecule has 122 valence electrons. The molecule has 8 heteroatoms. The van der Waals surface area contributed by atoms with Crippen molar-refractivity contribution in [3.63, 3.8) is 0 Å². The van der Waals surface area contributed by atoms with Crippen LogP contribution in [0.2, 0.25) is 0 Å². The van der Waals surface area contributed by atoms with Gasteiger partial charge < -0.3 is 14.8 Å². The lowest BCUT2D eigenvalue weighted by molar-refractivity contribution is -0.154. The third-order valence-corrected chi connectivity index (χ3v) is 2.74. The molecule has 0 aliphatic rings. The molecule has 2 aromatic rings. The number of ether oxygens (including phenoxy) is 2. The van der Waals surface area contributed by atoms with Crippen LogP contribution in [-0.4, -0.2) is 30.8 Å². The molecule has 0 bridgehead atoms. The number of rotatable bonds is 5. The SMILES string of the molecule is COc1ccccc1NC(=O)c1cccnc1OCC(F)(F)F. The van der Waals surface area contributed by atoms with E-state index in [2.05, 4.69) is 15.0 Å². The van der Waals surface area contributed by atoms with Gasteiger partial charge in [-0.25, -0.2) is 4.98 Å². The number of nitrogens with zero attached hydrogens (tertiary/aromatic N) is 1. The molecule has 23 heavy (non-hydrogen) atoms. The summed E-state index contributed by atoms with van der Waals surface area (Å²) in [5.41, 5.74) is 0.272. The van der Waals surface area contributed by atoms with Gasteiger partial charge in [-0.2, -0.15) is 13.2 Å². The Morgan fingerprint density at radius 2 is 1.96 bits per heavy atom. The Labute approximate surface area is 130 Å². The van der Waals surface area contributed by atoms with E-state index in [0.29, 0.717) is 11.4 Å². The first-order valence-electron chi connectivity index (χ1n) is 6.49. The second-order valence-electron chi connectivity index (χ2n) is 4.41. The third kappa shape index (κ3) is 4.60. The number of para-hydroxylation sites is 2. The number of benzene rings is 1. The van der Waals surface area contributed by atoms with Gasteiger partial charge in [-0.15, -0.1) is 0 Å². The van der Waals surface area contributed by atoms with E-state index in [9.17, 15) is 18.0 Å². The van der Waals surface area contributed by atoms with Crippen LogP contribution in [0, 0.1) is 0 Å². The highest BCUT2D eigenvalue weighted by Gasteiger charge is 2.29. The van der Waals surface area contributed by atoms with E-state index in [-0.39, 0.29) is 5.56 Å². The molecule has 0 saturated carbocycles. The third-order valence-electron chi connectivity index (χ3n) is 2.74. The van der Waals surface area contributed by atoms with Crippen LogP contribution in [0.5, 0.6) is 11.6 Å². The number of carbonyl (C=O) groups is 1. The molecule has 0 aliphatic carbocycles. The Balaban J connectivity index is 2.19. The molecule has 0 spiro atoms. The first kappa shape index (κ1) is 16.6. The lowest BCUT2D eigenvalue weighted by Crippen LogP contribution is -2.22. The Kier molecular flexibility index (Phi) is 5.05. The number of aromatic nitrogens is 1. The minimum Gasteiger partial charge on any atom is -0.495 e. The summed E-state index contributed by atoms with van der Waals surface area (Å²) in [5.74, 6) is -0.625. The van der Waals surface area contributed by atoms with Gasteiger partial charge in [-0.1, -0.05) is 12.1 Å². The van der Waals surface area contributed by atoms with Crippen molar-refractivity contribution in [1.82, 2.24) is 4.98 Å². The topological polar surface area (TPSA) is 60.5 Å². The number of carbonyl (C=O) groups excluding carboxylic acids is 1. The quantitative estimate of drug-likeness (QED) is 0.916.